The molecule has 0 unspecified atom stereocenters. The van der Waals surface area contributed by atoms with Crippen LogP contribution in [-0.2, 0) is 11.3 Å². The Morgan fingerprint density at radius 1 is 1.03 bits per heavy atom. The van der Waals surface area contributed by atoms with Crippen molar-refractivity contribution < 1.29 is 9.13 Å². The van der Waals surface area contributed by atoms with Crippen molar-refractivity contribution in [1.29, 1.82) is 0 Å². The molecule has 0 amide bonds. The van der Waals surface area contributed by atoms with E-state index in [0.29, 0.717) is 31.7 Å². The Morgan fingerprint density at radius 3 is 2.66 bits per heavy atom. The van der Waals surface area contributed by atoms with Gasteiger partial charge in [-0.15, -0.1) is 11.3 Å². The van der Waals surface area contributed by atoms with E-state index >= 15 is 0 Å². The van der Waals surface area contributed by atoms with Crippen LogP contribution in [0.15, 0.2) is 60.2 Å². The summed E-state index contributed by atoms with van der Waals surface area (Å²) < 4.78 is 18.6. The fourth-order valence-electron chi connectivity index (χ4n) is 3.45. The van der Waals surface area contributed by atoms with Crippen molar-refractivity contribution in [3.05, 3.63) is 71.6 Å². The van der Waals surface area contributed by atoms with E-state index in [1.807, 2.05) is 23.6 Å². The molecule has 0 spiro atoms. The quantitative estimate of drug-likeness (QED) is 0.473. The number of halogens is 1. The predicted molar refractivity (Wildman–Crippen MR) is 123 cm³/mol. The Kier molecular flexibility index (Phi) is 6.00. The number of thiophene rings is 1. The smallest absolute Gasteiger partial charge is 0.226 e. The molecule has 1 saturated heterocycles. The van der Waals surface area contributed by atoms with Crippen LogP contribution in [0.2, 0.25) is 0 Å². The summed E-state index contributed by atoms with van der Waals surface area (Å²) in [5.41, 5.74) is 3.37. The van der Waals surface area contributed by atoms with E-state index in [0.717, 1.165) is 40.5 Å². The number of hydrogen-bond donors (Lipinski definition) is 1. The maximum atomic E-state index is 13.1. The largest absolute Gasteiger partial charge is 0.378 e. The lowest BCUT2D eigenvalue weighted by atomic mass is 10.1. The molecule has 0 bridgehead atoms. The fraction of sp³-hybridized carbons (Fsp3) is 0.217. The van der Waals surface area contributed by atoms with Crippen LogP contribution >= 0.6 is 11.3 Å². The monoisotopic (exact) mass is 448 g/mol. The van der Waals surface area contributed by atoms with Crippen LogP contribution in [0, 0.1) is 5.82 Å². The number of hydrogen-bond acceptors (Lipinski definition) is 8. The van der Waals surface area contributed by atoms with E-state index < -0.39 is 0 Å². The molecule has 162 valence electrons. The zero-order valence-electron chi connectivity index (χ0n) is 17.2. The van der Waals surface area contributed by atoms with E-state index in [4.69, 9.17) is 14.7 Å². The van der Waals surface area contributed by atoms with Gasteiger partial charge in [0.1, 0.15) is 5.82 Å². The van der Waals surface area contributed by atoms with Crippen molar-refractivity contribution in [1.82, 2.24) is 19.9 Å². The van der Waals surface area contributed by atoms with E-state index in [2.05, 4.69) is 20.2 Å². The minimum absolute atomic E-state index is 0.254. The van der Waals surface area contributed by atoms with Crippen LogP contribution in [0.5, 0.6) is 0 Å². The zero-order valence-corrected chi connectivity index (χ0v) is 18.1. The van der Waals surface area contributed by atoms with Crippen LogP contribution in [0.4, 0.5) is 16.3 Å². The second-order valence-electron chi connectivity index (χ2n) is 7.25. The molecular formula is C23H21FN6OS. The van der Waals surface area contributed by atoms with Gasteiger partial charge >= 0.3 is 0 Å². The summed E-state index contributed by atoms with van der Waals surface area (Å²) in [7, 11) is 0. The third-order valence-corrected chi connectivity index (χ3v) is 6.00. The van der Waals surface area contributed by atoms with Gasteiger partial charge in [0.2, 0.25) is 11.9 Å². The highest BCUT2D eigenvalue weighted by Crippen LogP contribution is 2.33. The van der Waals surface area contributed by atoms with Gasteiger partial charge in [0.15, 0.2) is 0 Å². The molecule has 1 aliphatic heterocycles. The standard InChI is InChI=1S/C23H21FN6OS/c24-17-5-3-16(4-6-17)14-26-22-27-15-18(21(29-22)20-2-1-13-32-20)19-7-8-25-23(28-19)30-9-11-31-12-10-30/h1-8,13,15H,9-12,14H2,(H,26,27,29). The van der Waals surface area contributed by atoms with Crippen LogP contribution in [0.25, 0.3) is 21.8 Å². The van der Waals surface area contributed by atoms with Crippen LogP contribution < -0.4 is 10.2 Å². The number of nitrogens with zero attached hydrogens (tertiary/aromatic N) is 5. The first kappa shape index (κ1) is 20.5. The van der Waals surface area contributed by atoms with E-state index in [1.165, 1.54) is 12.1 Å². The minimum Gasteiger partial charge on any atom is -0.378 e. The number of morpholine rings is 1. The zero-order chi connectivity index (χ0) is 21.8. The summed E-state index contributed by atoms with van der Waals surface area (Å²) in [6.45, 7) is 3.38. The average Bonchev–Trinajstić information content (AvgIpc) is 3.39. The predicted octanol–water partition coefficient (Wildman–Crippen LogP) is 4.25. The molecule has 0 aliphatic carbocycles. The molecule has 5 rings (SSSR count). The molecule has 1 N–H and O–H groups in total. The molecule has 1 aromatic carbocycles. The number of anilines is 2. The molecule has 7 nitrogen and oxygen atoms in total. The summed E-state index contributed by atoms with van der Waals surface area (Å²) in [4.78, 5) is 21.7. The normalized spacial score (nSPS) is 13.8. The third-order valence-electron chi connectivity index (χ3n) is 5.12. The van der Waals surface area contributed by atoms with Crippen molar-refractivity contribution >= 4 is 23.2 Å². The summed E-state index contributed by atoms with van der Waals surface area (Å²) in [6, 6.07) is 12.3. The Labute approximate surface area is 189 Å². The molecule has 0 saturated carbocycles. The highest BCUT2D eigenvalue weighted by molar-refractivity contribution is 7.13. The molecule has 4 aromatic rings. The lowest BCUT2D eigenvalue weighted by molar-refractivity contribution is 0.122. The molecule has 9 heteroatoms. The molecule has 4 heterocycles. The summed E-state index contributed by atoms with van der Waals surface area (Å²) in [5.74, 6) is 0.931. The maximum absolute atomic E-state index is 13.1. The van der Waals surface area contributed by atoms with Crippen LogP contribution in [0.1, 0.15) is 5.56 Å². The second-order valence-corrected chi connectivity index (χ2v) is 8.20. The molecule has 1 fully saturated rings. The lowest BCUT2D eigenvalue weighted by Crippen LogP contribution is -2.37. The van der Waals surface area contributed by atoms with Crippen molar-refractivity contribution in [3.8, 4) is 21.8 Å². The molecule has 32 heavy (non-hydrogen) atoms. The van der Waals surface area contributed by atoms with Crippen LogP contribution in [0.3, 0.4) is 0 Å². The van der Waals surface area contributed by atoms with Crippen molar-refractivity contribution in [3.63, 3.8) is 0 Å². The molecular weight excluding hydrogens is 427 g/mol. The first-order valence-corrected chi connectivity index (χ1v) is 11.2. The van der Waals surface area contributed by atoms with Gasteiger partial charge in [0, 0.05) is 37.6 Å². The molecule has 1 aliphatic rings. The molecule has 3 aromatic heterocycles. The van der Waals surface area contributed by atoms with Crippen molar-refractivity contribution in [2.45, 2.75) is 6.54 Å². The van der Waals surface area contributed by atoms with E-state index in [1.54, 1.807) is 35.9 Å². The van der Waals surface area contributed by atoms with E-state index in [-0.39, 0.29) is 5.82 Å². The van der Waals surface area contributed by atoms with Gasteiger partial charge in [0.05, 0.1) is 29.5 Å². The minimum atomic E-state index is -0.254. The molecule has 0 atom stereocenters. The number of nitrogens with one attached hydrogen (secondary N) is 1. The number of benzene rings is 1. The average molecular weight is 449 g/mol. The Hall–Kier alpha value is -3.43. The van der Waals surface area contributed by atoms with Gasteiger partial charge in [-0.25, -0.2) is 24.3 Å². The fourth-order valence-corrected chi connectivity index (χ4v) is 4.18. The second kappa shape index (κ2) is 9.37. The topological polar surface area (TPSA) is 76.1 Å². The Morgan fingerprint density at radius 2 is 1.88 bits per heavy atom. The van der Waals surface area contributed by atoms with Gasteiger partial charge in [0.25, 0.3) is 0 Å². The first-order chi connectivity index (χ1) is 15.8. The van der Waals surface area contributed by atoms with Gasteiger partial charge < -0.3 is 15.0 Å². The third kappa shape index (κ3) is 4.58. The van der Waals surface area contributed by atoms with E-state index in [9.17, 15) is 4.39 Å². The Bertz CT molecular complexity index is 1180. The summed E-state index contributed by atoms with van der Waals surface area (Å²) >= 11 is 1.61. The lowest BCUT2D eigenvalue weighted by Gasteiger charge is -2.26. The summed E-state index contributed by atoms with van der Waals surface area (Å²) in [6.07, 6.45) is 3.56. The van der Waals surface area contributed by atoms with Crippen molar-refractivity contribution in [2.24, 2.45) is 0 Å². The van der Waals surface area contributed by atoms with Gasteiger partial charge in [-0.3, -0.25) is 0 Å². The number of aromatic nitrogens is 4. The Balaban J connectivity index is 1.45. The van der Waals surface area contributed by atoms with Gasteiger partial charge in [-0.05, 0) is 35.2 Å². The number of ether oxygens (including phenoxy) is 1. The number of rotatable bonds is 6. The summed E-state index contributed by atoms with van der Waals surface area (Å²) in [5, 5.41) is 5.25. The van der Waals surface area contributed by atoms with Crippen LogP contribution in [-0.4, -0.2) is 46.2 Å². The first-order valence-electron chi connectivity index (χ1n) is 10.3. The SMILES string of the molecule is Fc1ccc(CNc2ncc(-c3ccnc(N4CCOCC4)n3)c(-c3cccs3)n2)cc1. The molecule has 0 radical (unpaired) electrons. The highest BCUT2D eigenvalue weighted by atomic mass is 32.1. The highest BCUT2D eigenvalue weighted by Gasteiger charge is 2.18. The van der Waals surface area contributed by atoms with Crippen molar-refractivity contribution in [2.75, 3.05) is 36.5 Å². The van der Waals surface area contributed by atoms with Gasteiger partial charge in [-0.1, -0.05) is 18.2 Å². The van der Waals surface area contributed by atoms with Gasteiger partial charge in [-0.2, -0.15) is 0 Å². The maximum Gasteiger partial charge on any atom is 0.226 e.